The van der Waals surface area contributed by atoms with E-state index in [4.69, 9.17) is 0 Å². The van der Waals surface area contributed by atoms with Gasteiger partial charge in [0, 0.05) is 19.2 Å². The number of carbonyl (C=O) groups excluding carboxylic acids is 2. The minimum Gasteiger partial charge on any atom is -0.379 e. The zero-order chi connectivity index (χ0) is 24.4. The minimum absolute atomic E-state index is 0.0894. The molecule has 2 amide bonds. The molecule has 2 aromatic rings. The highest BCUT2D eigenvalue weighted by Gasteiger charge is 2.51. The van der Waals surface area contributed by atoms with Crippen molar-refractivity contribution in [3.05, 3.63) is 59.4 Å². The zero-order valence-electron chi connectivity index (χ0n) is 18.1. The average Bonchev–Trinajstić information content (AvgIpc) is 3.60. The summed E-state index contributed by atoms with van der Waals surface area (Å²) in [5, 5.41) is 17.9. The highest BCUT2D eigenvalue weighted by Crippen LogP contribution is 2.40. The van der Waals surface area contributed by atoms with Crippen molar-refractivity contribution >= 4 is 11.8 Å². The van der Waals surface area contributed by atoms with Crippen molar-refractivity contribution in [1.82, 2.24) is 16.0 Å². The molecule has 0 bridgehead atoms. The van der Waals surface area contributed by atoms with Crippen molar-refractivity contribution in [3.63, 3.8) is 0 Å². The fourth-order valence-electron chi connectivity index (χ4n) is 3.96. The molecule has 0 radical (unpaired) electrons. The number of carbonyl (C=O) groups is 2. The van der Waals surface area contributed by atoms with Crippen LogP contribution in [0.3, 0.4) is 0 Å². The number of aliphatic hydroxyl groups is 1. The van der Waals surface area contributed by atoms with Crippen LogP contribution in [0, 0.1) is 11.7 Å². The second kappa shape index (κ2) is 9.48. The van der Waals surface area contributed by atoms with Gasteiger partial charge in [-0.25, -0.2) is 4.39 Å². The normalized spacial score (nSPS) is 16.6. The molecule has 10 heteroatoms. The van der Waals surface area contributed by atoms with Gasteiger partial charge in [0.1, 0.15) is 17.6 Å². The van der Waals surface area contributed by atoms with Crippen molar-refractivity contribution in [1.29, 1.82) is 0 Å². The molecule has 0 aliphatic heterocycles. The van der Waals surface area contributed by atoms with Crippen LogP contribution in [0.4, 0.5) is 17.6 Å². The Kier molecular flexibility index (Phi) is 7.08. The first-order valence-electron chi connectivity index (χ1n) is 10.4. The van der Waals surface area contributed by atoms with E-state index in [2.05, 4.69) is 16.0 Å². The Bertz CT molecular complexity index is 1020. The summed E-state index contributed by atoms with van der Waals surface area (Å²) in [5.41, 5.74) is -2.29. The zero-order valence-corrected chi connectivity index (χ0v) is 18.1. The molecular weight excluding hydrogens is 442 g/mol. The lowest BCUT2D eigenvalue weighted by Crippen LogP contribution is -2.65. The standard InChI is InChI=1S/C23H25F4N3O3/c1-13(31)30-22(15-10-11-15,21(33)28-2)12-29-20(32)17-4-3-5-18(24)19(17)14-6-8-16(9-7-14)23(25,26)27/h3-9,13,15,30-31H,10-12H2,1-2H3,(H,28,33)(H,29,32)/t13?,22-/m0/s1. The quantitative estimate of drug-likeness (QED) is 0.355. The smallest absolute Gasteiger partial charge is 0.379 e. The summed E-state index contributed by atoms with van der Waals surface area (Å²) >= 11 is 0. The molecule has 0 saturated heterocycles. The molecule has 0 aromatic heterocycles. The highest BCUT2D eigenvalue weighted by molar-refractivity contribution is 6.01. The molecule has 1 aliphatic carbocycles. The lowest BCUT2D eigenvalue weighted by atomic mass is 9.90. The van der Waals surface area contributed by atoms with E-state index in [0.29, 0.717) is 0 Å². The molecule has 2 aromatic carbocycles. The number of benzene rings is 2. The SMILES string of the molecule is CNC(=O)[C@@](CNC(=O)c1cccc(F)c1-c1ccc(C(F)(F)F)cc1)(NC(C)O)C1CC1. The van der Waals surface area contributed by atoms with Gasteiger partial charge in [-0.05, 0) is 55.5 Å². The molecule has 0 spiro atoms. The summed E-state index contributed by atoms with van der Waals surface area (Å²) in [7, 11) is 1.44. The third-order valence-electron chi connectivity index (χ3n) is 5.66. The minimum atomic E-state index is -4.54. The molecule has 2 atom stereocenters. The number of amides is 2. The van der Waals surface area contributed by atoms with Gasteiger partial charge >= 0.3 is 6.18 Å². The molecule has 1 fully saturated rings. The Hall–Kier alpha value is -2.98. The Labute approximate surface area is 188 Å². The Morgan fingerprint density at radius 2 is 1.76 bits per heavy atom. The molecular formula is C23H25F4N3O3. The number of halogens is 4. The van der Waals surface area contributed by atoms with E-state index in [1.165, 1.54) is 26.1 Å². The summed E-state index contributed by atoms with van der Waals surface area (Å²) < 4.78 is 53.3. The van der Waals surface area contributed by atoms with E-state index in [1.54, 1.807) is 0 Å². The molecule has 33 heavy (non-hydrogen) atoms. The summed E-state index contributed by atoms with van der Waals surface area (Å²) in [6.07, 6.45) is -4.13. The van der Waals surface area contributed by atoms with Gasteiger partial charge in [0.15, 0.2) is 0 Å². The number of hydrogen-bond acceptors (Lipinski definition) is 4. The number of aliphatic hydroxyl groups excluding tert-OH is 1. The maximum absolute atomic E-state index is 14.7. The lowest BCUT2D eigenvalue weighted by Gasteiger charge is -2.35. The van der Waals surface area contributed by atoms with E-state index < -0.39 is 41.1 Å². The van der Waals surface area contributed by atoms with Gasteiger partial charge in [0.05, 0.1) is 11.1 Å². The fraction of sp³-hybridized carbons (Fsp3) is 0.391. The molecule has 1 saturated carbocycles. The van der Waals surface area contributed by atoms with Crippen LogP contribution in [0.1, 0.15) is 35.7 Å². The lowest BCUT2D eigenvalue weighted by molar-refractivity contribution is -0.137. The van der Waals surface area contributed by atoms with E-state index in [1.807, 2.05) is 0 Å². The summed E-state index contributed by atoms with van der Waals surface area (Å²) in [4.78, 5) is 25.7. The third kappa shape index (κ3) is 5.33. The van der Waals surface area contributed by atoms with E-state index in [-0.39, 0.29) is 29.2 Å². The topological polar surface area (TPSA) is 90.5 Å². The first kappa shape index (κ1) is 24.7. The van der Waals surface area contributed by atoms with Gasteiger partial charge in [0.2, 0.25) is 5.91 Å². The molecule has 1 unspecified atom stereocenters. The van der Waals surface area contributed by atoms with E-state index in [0.717, 1.165) is 43.2 Å². The van der Waals surface area contributed by atoms with Crippen molar-refractivity contribution in [2.24, 2.45) is 5.92 Å². The third-order valence-corrected chi connectivity index (χ3v) is 5.66. The second-order valence-electron chi connectivity index (χ2n) is 8.07. The maximum atomic E-state index is 14.7. The number of hydrogen-bond donors (Lipinski definition) is 4. The number of rotatable bonds is 8. The molecule has 0 heterocycles. The Morgan fingerprint density at radius 3 is 2.27 bits per heavy atom. The van der Waals surface area contributed by atoms with Crippen LogP contribution in [0.2, 0.25) is 0 Å². The largest absolute Gasteiger partial charge is 0.416 e. The van der Waals surface area contributed by atoms with Gasteiger partial charge in [-0.15, -0.1) is 0 Å². The Balaban J connectivity index is 1.90. The van der Waals surface area contributed by atoms with Crippen LogP contribution in [0.15, 0.2) is 42.5 Å². The van der Waals surface area contributed by atoms with Gasteiger partial charge < -0.3 is 15.7 Å². The predicted molar refractivity (Wildman–Crippen MR) is 114 cm³/mol. The van der Waals surface area contributed by atoms with Crippen LogP contribution >= 0.6 is 0 Å². The summed E-state index contributed by atoms with van der Waals surface area (Å²) in [6, 6.07) is 7.63. The fourth-order valence-corrected chi connectivity index (χ4v) is 3.96. The van der Waals surface area contributed by atoms with Crippen LogP contribution in [-0.2, 0) is 11.0 Å². The van der Waals surface area contributed by atoms with Gasteiger partial charge in [-0.3, -0.25) is 14.9 Å². The molecule has 6 nitrogen and oxygen atoms in total. The van der Waals surface area contributed by atoms with Gasteiger partial charge in [0.25, 0.3) is 5.91 Å². The number of nitrogens with one attached hydrogen (secondary N) is 3. The first-order valence-corrected chi connectivity index (χ1v) is 10.4. The average molecular weight is 467 g/mol. The van der Waals surface area contributed by atoms with Crippen LogP contribution < -0.4 is 16.0 Å². The van der Waals surface area contributed by atoms with Crippen LogP contribution in [0.25, 0.3) is 11.1 Å². The predicted octanol–water partition coefficient (Wildman–Crippen LogP) is 3.06. The maximum Gasteiger partial charge on any atom is 0.416 e. The van der Waals surface area contributed by atoms with Crippen molar-refractivity contribution < 1.29 is 32.3 Å². The van der Waals surface area contributed by atoms with Gasteiger partial charge in [-0.2, -0.15) is 13.2 Å². The van der Waals surface area contributed by atoms with Crippen LogP contribution in [0.5, 0.6) is 0 Å². The summed E-state index contributed by atoms with van der Waals surface area (Å²) in [5.74, 6) is -2.00. The highest BCUT2D eigenvalue weighted by atomic mass is 19.4. The molecule has 178 valence electrons. The van der Waals surface area contributed by atoms with E-state index >= 15 is 0 Å². The van der Waals surface area contributed by atoms with Crippen molar-refractivity contribution in [3.8, 4) is 11.1 Å². The number of alkyl halides is 3. The molecule has 1 aliphatic rings. The van der Waals surface area contributed by atoms with Crippen molar-refractivity contribution in [2.45, 2.75) is 37.7 Å². The molecule has 4 N–H and O–H groups in total. The van der Waals surface area contributed by atoms with Crippen LogP contribution in [-0.4, -0.2) is 42.3 Å². The molecule has 3 rings (SSSR count). The Morgan fingerprint density at radius 1 is 1.12 bits per heavy atom. The van der Waals surface area contributed by atoms with E-state index in [9.17, 15) is 32.3 Å². The van der Waals surface area contributed by atoms with Gasteiger partial charge in [-0.1, -0.05) is 18.2 Å². The number of likely N-dealkylation sites (N-methyl/N-ethyl adjacent to an activating group) is 1. The summed E-state index contributed by atoms with van der Waals surface area (Å²) in [6.45, 7) is 1.28. The van der Waals surface area contributed by atoms with Crippen molar-refractivity contribution in [2.75, 3.05) is 13.6 Å². The monoisotopic (exact) mass is 467 g/mol. The first-order chi connectivity index (χ1) is 15.5. The second-order valence-corrected chi connectivity index (χ2v) is 8.07.